The second-order valence-corrected chi connectivity index (χ2v) is 11.7. The predicted molar refractivity (Wildman–Crippen MR) is 117 cm³/mol. The first kappa shape index (κ1) is 23.6. The second-order valence-electron chi connectivity index (χ2n) is 6.59. The Hall–Kier alpha value is -1.10. The zero-order chi connectivity index (χ0) is 22.1. The van der Waals surface area contributed by atoms with Crippen molar-refractivity contribution in [3.63, 3.8) is 0 Å². The van der Waals surface area contributed by atoms with E-state index in [4.69, 9.17) is 39.5 Å². The monoisotopic (exact) mass is 510 g/mol. The highest BCUT2D eigenvalue weighted by Gasteiger charge is 2.63. The zero-order valence-electron chi connectivity index (χ0n) is 15.4. The number of nitrogens with zero attached hydrogens (tertiary/aromatic N) is 1. The number of amides is 2. The van der Waals surface area contributed by atoms with Crippen molar-refractivity contribution in [3.8, 4) is 0 Å². The normalized spacial score (nSPS) is 25.9. The number of halogens is 3. The van der Waals surface area contributed by atoms with Crippen molar-refractivity contribution in [1.29, 1.82) is 0 Å². The lowest BCUT2D eigenvalue weighted by Crippen LogP contribution is -2.78. The molecule has 162 valence electrons. The largest absolute Gasteiger partial charge is 0.614 e. The van der Waals surface area contributed by atoms with Gasteiger partial charge < -0.3 is 14.6 Å². The summed E-state index contributed by atoms with van der Waals surface area (Å²) in [5.41, 5.74) is 0.261. The van der Waals surface area contributed by atoms with Crippen LogP contribution in [-0.2, 0) is 30.3 Å². The van der Waals surface area contributed by atoms with Crippen LogP contribution in [0.1, 0.15) is 0 Å². The first-order valence-corrected chi connectivity index (χ1v) is 12.2. The predicted octanol–water partition coefficient (Wildman–Crippen LogP) is 2.03. The fraction of sp³-hybridized carbons (Fsp3) is 0.389. The summed E-state index contributed by atoms with van der Waals surface area (Å²) >= 11 is 16.6. The van der Waals surface area contributed by atoms with E-state index in [1.54, 1.807) is 0 Å². The molecule has 0 bridgehead atoms. The van der Waals surface area contributed by atoms with Gasteiger partial charge >= 0.3 is 5.97 Å². The van der Waals surface area contributed by atoms with Crippen LogP contribution in [0.25, 0.3) is 0 Å². The van der Waals surface area contributed by atoms with Gasteiger partial charge in [0.25, 0.3) is 5.91 Å². The molecule has 2 fully saturated rings. The highest BCUT2D eigenvalue weighted by atomic mass is 35.6. The molecule has 0 aromatic heterocycles. The molecule has 2 aliphatic heterocycles. The van der Waals surface area contributed by atoms with Gasteiger partial charge in [-0.3, -0.25) is 14.5 Å². The minimum Gasteiger partial charge on any atom is -0.614 e. The number of β-lactam (4-membered cyclic amide) rings is 1. The van der Waals surface area contributed by atoms with Crippen molar-refractivity contribution in [1.82, 2.24) is 10.2 Å². The molecule has 12 heteroatoms. The van der Waals surface area contributed by atoms with Crippen LogP contribution in [0.15, 0.2) is 47.4 Å². The molecule has 0 radical (unpaired) electrons. The Morgan fingerprint density at radius 3 is 2.63 bits per heavy atom. The van der Waals surface area contributed by atoms with E-state index in [-0.39, 0.29) is 23.0 Å². The lowest BCUT2D eigenvalue weighted by atomic mass is 9.98. The summed E-state index contributed by atoms with van der Waals surface area (Å²) in [5.74, 6) is -1.66. The van der Waals surface area contributed by atoms with Crippen LogP contribution in [0.5, 0.6) is 0 Å². The van der Waals surface area contributed by atoms with Gasteiger partial charge in [0.05, 0.1) is 5.75 Å². The Morgan fingerprint density at radius 1 is 1.33 bits per heavy atom. The molecule has 1 N–H and O–H groups in total. The van der Waals surface area contributed by atoms with Crippen molar-refractivity contribution in [2.24, 2.45) is 0 Å². The number of ether oxygens (including phenoxy) is 1. The van der Waals surface area contributed by atoms with Gasteiger partial charge in [0.2, 0.25) is 15.1 Å². The van der Waals surface area contributed by atoms with Crippen LogP contribution in [0.2, 0.25) is 0 Å². The number of nitrogens with one attached hydrogen (secondary N) is 1. The van der Waals surface area contributed by atoms with Crippen LogP contribution >= 0.6 is 46.6 Å². The molecule has 2 saturated heterocycles. The third kappa shape index (κ3) is 5.38. The first-order valence-electron chi connectivity index (χ1n) is 8.66. The van der Waals surface area contributed by atoms with Crippen LogP contribution < -0.4 is 5.32 Å². The summed E-state index contributed by atoms with van der Waals surface area (Å²) in [6, 6.07) is 7.19. The second kappa shape index (κ2) is 9.58. The van der Waals surface area contributed by atoms with Gasteiger partial charge in [-0.1, -0.05) is 59.6 Å². The van der Waals surface area contributed by atoms with Gasteiger partial charge in [-0.15, -0.1) is 11.8 Å². The molecular weight excluding hydrogens is 495 g/mol. The Morgan fingerprint density at radius 2 is 2.00 bits per heavy atom. The molecule has 0 saturated carbocycles. The van der Waals surface area contributed by atoms with Crippen LogP contribution in [0, 0.1) is 0 Å². The molecule has 1 aromatic rings. The maximum atomic E-state index is 12.7. The number of carbonyl (C=O) groups is 3. The molecule has 3 unspecified atom stereocenters. The third-order valence-corrected chi connectivity index (χ3v) is 7.41. The summed E-state index contributed by atoms with van der Waals surface area (Å²) in [4.78, 5) is 39.4. The molecule has 1 aromatic carbocycles. The SMILES string of the molecule is C=C1C[S+]([O-])[C@H]2C(NC(=O)CSc3ccccc3)C(=O)N2C1C(=O)OCC(Cl)(Cl)Cl. The molecule has 2 amide bonds. The lowest BCUT2D eigenvalue weighted by molar-refractivity contribution is -0.163. The van der Waals surface area contributed by atoms with Crippen molar-refractivity contribution in [2.45, 2.75) is 26.1 Å². The third-order valence-electron chi connectivity index (χ3n) is 4.37. The number of hydrogen-bond acceptors (Lipinski definition) is 6. The number of benzene rings is 1. The number of rotatable bonds is 6. The van der Waals surface area contributed by atoms with Crippen molar-refractivity contribution < 1.29 is 23.7 Å². The minimum absolute atomic E-state index is 0.00683. The molecule has 7 nitrogen and oxygen atoms in total. The van der Waals surface area contributed by atoms with Gasteiger partial charge in [-0.05, 0) is 23.3 Å². The molecule has 0 aliphatic carbocycles. The van der Waals surface area contributed by atoms with E-state index in [1.807, 2.05) is 30.3 Å². The standard InChI is InChI=1S/C18H17Cl3N2O5S2/c1-10-8-30(27)16-13(22-12(24)7-29-11-5-3-2-4-6-11)15(25)23(16)14(10)17(26)28-9-18(19,20)21/h2-6,13-14,16H,1,7-9H2,(H,22,24)/t13?,14?,16-,30?/m0/s1. The summed E-state index contributed by atoms with van der Waals surface area (Å²) in [7, 11) is 0. The first-order chi connectivity index (χ1) is 14.1. The fourth-order valence-electron chi connectivity index (χ4n) is 3.11. The van der Waals surface area contributed by atoms with Gasteiger partial charge in [0, 0.05) is 10.5 Å². The highest BCUT2D eigenvalue weighted by Crippen LogP contribution is 2.37. The van der Waals surface area contributed by atoms with Gasteiger partial charge in [-0.25, -0.2) is 4.79 Å². The number of esters is 1. The number of hydrogen-bond donors (Lipinski definition) is 1. The van der Waals surface area contributed by atoms with Crippen molar-refractivity contribution in [2.75, 3.05) is 18.1 Å². The van der Waals surface area contributed by atoms with Gasteiger partial charge in [0.1, 0.15) is 12.4 Å². The Balaban J connectivity index is 1.62. The van der Waals surface area contributed by atoms with Crippen molar-refractivity contribution in [3.05, 3.63) is 42.5 Å². The topological polar surface area (TPSA) is 98.8 Å². The van der Waals surface area contributed by atoms with Crippen molar-refractivity contribution >= 4 is 75.5 Å². The van der Waals surface area contributed by atoms with Crippen LogP contribution in [0.4, 0.5) is 0 Å². The average molecular weight is 512 g/mol. The van der Waals surface area contributed by atoms with Gasteiger partial charge in [0.15, 0.2) is 12.1 Å². The van der Waals surface area contributed by atoms with E-state index in [9.17, 15) is 18.9 Å². The Bertz CT molecular complexity index is 852. The molecule has 4 atom stereocenters. The Labute approximate surface area is 195 Å². The number of fused-ring (bicyclic) bond motifs is 1. The molecular formula is C18H17Cl3N2O5S2. The van der Waals surface area contributed by atoms with Crippen LogP contribution in [-0.4, -0.2) is 66.6 Å². The van der Waals surface area contributed by atoms with E-state index < -0.39 is 50.9 Å². The van der Waals surface area contributed by atoms with Gasteiger partial charge in [-0.2, -0.15) is 0 Å². The molecule has 30 heavy (non-hydrogen) atoms. The number of alkyl halides is 3. The van der Waals surface area contributed by atoms with E-state index in [1.165, 1.54) is 11.8 Å². The highest BCUT2D eigenvalue weighted by molar-refractivity contribution is 8.00. The summed E-state index contributed by atoms with van der Waals surface area (Å²) in [5, 5.41) is 1.76. The van der Waals surface area contributed by atoms with Crippen LogP contribution in [0.3, 0.4) is 0 Å². The number of carbonyl (C=O) groups excluding carboxylic acids is 3. The van der Waals surface area contributed by atoms with E-state index in [0.29, 0.717) is 0 Å². The number of thioether (sulfide) groups is 1. The van der Waals surface area contributed by atoms with E-state index >= 15 is 0 Å². The zero-order valence-corrected chi connectivity index (χ0v) is 19.3. The smallest absolute Gasteiger partial charge is 0.333 e. The lowest BCUT2D eigenvalue weighted by Gasteiger charge is -2.52. The molecule has 2 aliphatic rings. The molecule has 3 rings (SSSR count). The maximum Gasteiger partial charge on any atom is 0.333 e. The maximum absolute atomic E-state index is 12.7. The minimum atomic E-state index is -1.81. The average Bonchev–Trinajstić information content (AvgIpc) is 2.68. The summed E-state index contributed by atoms with van der Waals surface area (Å²) < 4.78 is 15.7. The summed E-state index contributed by atoms with van der Waals surface area (Å²) in [6.07, 6.45) is 0. The van der Waals surface area contributed by atoms with E-state index in [0.717, 1.165) is 9.80 Å². The quantitative estimate of drug-likeness (QED) is 0.157. The summed E-state index contributed by atoms with van der Waals surface area (Å²) in [6.45, 7) is 3.23. The van der Waals surface area contributed by atoms with E-state index in [2.05, 4.69) is 11.9 Å². The molecule has 2 heterocycles. The Kier molecular flexibility index (Phi) is 7.53. The fourth-order valence-corrected chi connectivity index (χ4v) is 5.66. The molecule has 0 spiro atoms.